The van der Waals surface area contributed by atoms with Crippen LogP contribution in [0.2, 0.25) is 0 Å². The summed E-state index contributed by atoms with van der Waals surface area (Å²) in [5.74, 6) is 0.465. The van der Waals surface area contributed by atoms with Gasteiger partial charge >= 0.3 is 5.97 Å². The van der Waals surface area contributed by atoms with E-state index in [1.165, 1.54) is 11.3 Å². The van der Waals surface area contributed by atoms with Crippen molar-refractivity contribution >= 4 is 44.2 Å². The van der Waals surface area contributed by atoms with E-state index in [9.17, 15) is 4.79 Å². The van der Waals surface area contributed by atoms with Crippen molar-refractivity contribution in [3.05, 3.63) is 69.3 Å². The Bertz CT molecular complexity index is 1160. The summed E-state index contributed by atoms with van der Waals surface area (Å²) in [4.78, 5) is 17.0. The first kappa shape index (κ1) is 18.7. The van der Waals surface area contributed by atoms with Gasteiger partial charge in [0.25, 0.3) is 0 Å². The first-order chi connectivity index (χ1) is 13.6. The van der Waals surface area contributed by atoms with Crippen LogP contribution in [0, 0.1) is 6.92 Å². The fourth-order valence-corrected chi connectivity index (χ4v) is 4.10. The Kier molecular flexibility index (Phi) is 5.19. The predicted octanol–water partition coefficient (Wildman–Crippen LogP) is 5.99. The Balaban J connectivity index is 1.51. The highest BCUT2D eigenvalue weighted by atomic mass is 79.9. The van der Waals surface area contributed by atoms with Gasteiger partial charge in [-0.05, 0) is 31.2 Å². The van der Waals surface area contributed by atoms with Crippen LogP contribution in [0.4, 0.5) is 0 Å². The summed E-state index contributed by atoms with van der Waals surface area (Å²) in [5.41, 5.74) is 3.00. The van der Waals surface area contributed by atoms with Crippen LogP contribution in [0.25, 0.3) is 21.5 Å². The number of carbonyl (C=O) groups excluding carboxylic acids is 1. The minimum Gasteiger partial charge on any atom is -0.496 e. The zero-order valence-electron chi connectivity index (χ0n) is 15.2. The van der Waals surface area contributed by atoms with Gasteiger partial charge in [0, 0.05) is 20.8 Å². The van der Waals surface area contributed by atoms with E-state index in [4.69, 9.17) is 13.9 Å². The Morgan fingerprint density at radius 3 is 2.86 bits per heavy atom. The van der Waals surface area contributed by atoms with Crippen LogP contribution in [0.15, 0.2) is 56.7 Å². The number of aromatic nitrogens is 1. The van der Waals surface area contributed by atoms with E-state index in [-0.39, 0.29) is 12.4 Å². The van der Waals surface area contributed by atoms with Gasteiger partial charge in [-0.2, -0.15) is 0 Å². The lowest BCUT2D eigenvalue weighted by atomic mass is 10.1. The SMILES string of the molecule is COc1ccc(Br)cc1-c1nc(COC(=O)c2oc3ccccc3c2C)cs1. The van der Waals surface area contributed by atoms with Crippen LogP contribution in [-0.4, -0.2) is 18.1 Å². The number of aryl methyl sites for hydroxylation is 1. The standard InChI is InChI=1S/C21H16BrNO4S/c1-12-15-5-3-4-6-18(15)27-19(12)21(24)26-10-14-11-28-20(23-14)16-9-13(22)7-8-17(16)25-2/h3-9,11H,10H2,1-2H3. The van der Waals surface area contributed by atoms with Crippen molar-refractivity contribution in [1.82, 2.24) is 4.98 Å². The monoisotopic (exact) mass is 457 g/mol. The van der Waals surface area contributed by atoms with E-state index in [0.717, 1.165) is 31.7 Å². The molecule has 7 heteroatoms. The van der Waals surface area contributed by atoms with Crippen molar-refractivity contribution in [3.8, 4) is 16.3 Å². The Morgan fingerprint density at radius 2 is 2.07 bits per heavy atom. The van der Waals surface area contributed by atoms with Crippen LogP contribution < -0.4 is 4.74 Å². The highest BCUT2D eigenvalue weighted by Gasteiger charge is 2.19. The number of hydrogen-bond donors (Lipinski definition) is 0. The summed E-state index contributed by atoms with van der Waals surface area (Å²) in [5, 5.41) is 3.57. The number of halogens is 1. The van der Waals surface area contributed by atoms with Gasteiger partial charge in [0.15, 0.2) is 0 Å². The van der Waals surface area contributed by atoms with E-state index in [1.54, 1.807) is 7.11 Å². The normalized spacial score (nSPS) is 11.0. The molecule has 0 aliphatic rings. The summed E-state index contributed by atoms with van der Waals surface area (Å²) in [6.45, 7) is 1.92. The molecule has 0 aliphatic carbocycles. The van der Waals surface area contributed by atoms with Crippen molar-refractivity contribution in [2.45, 2.75) is 13.5 Å². The lowest BCUT2D eigenvalue weighted by molar-refractivity contribution is 0.0433. The van der Waals surface area contributed by atoms with E-state index >= 15 is 0 Å². The molecule has 28 heavy (non-hydrogen) atoms. The molecule has 0 N–H and O–H groups in total. The predicted molar refractivity (Wildman–Crippen MR) is 112 cm³/mol. The highest BCUT2D eigenvalue weighted by molar-refractivity contribution is 9.10. The molecule has 5 nitrogen and oxygen atoms in total. The van der Waals surface area contributed by atoms with Crippen LogP contribution in [0.5, 0.6) is 5.75 Å². The number of para-hydroxylation sites is 1. The molecule has 2 aromatic carbocycles. The van der Waals surface area contributed by atoms with E-state index < -0.39 is 5.97 Å². The number of nitrogens with zero attached hydrogens (tertiary/aromatic N) is 1. The minimum absolute atomic E-state index is 0.0716. The number of carbonyl (C=O) groups is 1. The number of methoxy groups -OCH3 is 1. The molecule has 0 radical (unpaired) electrons. The third-order valence-electron chi connectivity index (χ3n) is 4.32. The van der Waals surface area contributed by atoms with Crippen molar-refractivity contribution in [3.63, 3.8) is 0 Å². The van der Waals surface area contributed by atoms with Crippen LogP contribution in [0.3, 0.4) is 0 Å². The number of benzene rings is 2. The van der Waals surface area contributed by atoms with Crippen molar-refractivity contribution in [2.24, 2.45) is 0 Å². The van der Waals surface area contributed by atoms with Gasteiger partial charge in [0.2, 0.25) is 5.76 Å². The lowest BCUT2D eigenvalue weighted by Crippen LogP contribution is -2.05. The zero-order valence-corrected chi connectivity index (χ0v) is 17.6. The number of fused-ring (bicyclic) bond motifs is 1. The molecular weight excluding hydrogens is 442 g/mol. The number of hydrogen-bond acceptors (Lipinski definition) is 6. The Morgan fingerprint density at radius 1 is 1.25 bits per heavy atom. The second kappa shape index (κ2) is 7.77. The second-order valence-corrected chi connectivity index (χ2v) is 7.89. The van der Waals surface area contributed by atoms with Crippen molar-refractivity contribution in [1.29, 1.82) is 0 Å². The van der Waals surface area contributed by atoms with Crippen molar-refractivity contribution in [2.75, 3.05) is 7.11 Å². The molecule has 0 atom stereocenters. The van der Waals surface area contributed by atoms with Gasteiger partial charge in [-0.25, -0.2) is 9.78 Å². The second-order valence-electron chi connectivity index (χ2n) is 6.12. The Labute approximate surface area is 174 Å². The molecular formula is C21H16BrNO4S. The molecule has 0 unspecified atom stereocenters. The molecule has 2 aromatic heterocycles. The molecule has 0 bridgehead atoms. The third-order valence-corrected chi connectivity index (χ3v) is 5.74. The molecule has 4 rings (SSSR count). The molecule has 0 saturated heterocycles. The molecule has 0 spiro atoms. The summed E-state index contributed by atoms with van der Waals surface area (Å²) >= 11 is 4.94. The largest absolute Gasteiger partial charge is 0.496 e. The lowest BCUT2D eigenvalue weighted by Gasteiger charge is -2.06. The number of ether oxygens (including phenoxy) is 2. The van der Waals surface area contributed by atoms with Gasteiger partial charge in [-0.3, -0.25) is 0 Å². The van der Waals surface area contributed by atoms with Gasteiger partial charge in [0.05, 0.1) is 18.4 Å². The average Bonchev–Trinajstić information content (AvgIpc) is 3.31. The Hall–Kier alpha value is -2.64. The zero-order chi connectivity index (χ0) is 19.7. The number of furan rings is 1. The highest BCUT2D eigenvalue weighted by Crippen LogP contribution is 2.34. The summed E-state index contributed by atoms with van der Waals surface area (Å²) < 4.78 is 17.4. The maximum atomic E-state index is 12.5. The van der Waals surface area contributed by atoms with E-state index in [1.807, 2.05) is 54.8 Å². The minimum atomic E-state index is -0.497. The fourth-order valence-electron chi connectivity index (χ4n) is 2.92. The fraction of sp³-hybridized carbons (Fsp3) is 0.143. The summed E-state index contributed by atoms with van der Waals surface area (Å²) in [6, 6.07) is 13.3. The summed E-state index contributed by atoms with van der Waals surface area (Å²) in [6.07, 6.45) is 0. The third kappa shape index (κ3) is 3.55. The van der Waals surface area contributed by atoms with Gasteiger partial charge in [0.1, 0.15) is 22.9 Å². The maximum Gasteiger partial charge on any atom is 0.374 e. The van der Waals surface area contributed by atoms with Crippen LogP contribution >= 0.6 is 27.3 Å². The van der Waals surface area contributed by atoms with Gasteiger partial charge in [-0.15, -0.1) is 11.3 Å². The molecule has 0 amide bonds. The summed E-state index contributed by atoms with van der Waals surface area (Å²) in [7, 11) is 1.62. The number of rotatable bonds is 5. The van der Waals surface area contributed by atoms with Crippen LogP contribution in [-0.2, 0) is 11.3 Å². The molecule has 0 fully saturated rings. The first-order valence-electron chi connectivity index (χ1n) is 8.50. The van der Waals surface area contributed by atoms with Gasteiger partial charge in [-0.1, -0.05) is 34.1 Å². The number of esters is 1. The number of thiazole rings is 1. The van der Waals surface area contributed by atoms with Crippen molar-refractivity contribution < 1.29 is 18.7 Å². The van der Waals surface area contributed by atoms with E-state index in [2.05, 4.69) is 20.9 Å². The smallest absolute Gasteiger partial charge is 0.374 e. The maximum absolute atomic E-state index is 12.5. The topological polar surface area (TPSA) is 61.6 Å². The van der Waals surface area contributed by atoms with Crippen LogP contribution in [0.1, 0.15) is 21.8 Å². The van der Waals surface area contributed by atoms with Gasteiger partial charge < -0.3 is 13.9 Å². The quantitative estimate of drug-likeness (QED) is 0.344. The molecule has 2 heterocycles. The average molecular weight is 458 g/mol. The molecule has 4 aromatic rings. The first-order valence-corrected chi connectivity index (χ1v) is 10.2. The molecule has 0 aliphatic heterocycles. The van der Waals surface area contributed by atoms with E-state index in [0.29, 0.717) is 11.3 Å². The molecule has 142 valence electrons. The molecule has 0 saturated carbocycles.